The van der Waals surface area contributed by atoms with Crippen LogP contribution in [0.5, 0.6) is 11.5 Å². The van der Waals surface area contributed by atoms with Crippen molar-refractivity contribution in [3.63, 3.8) is 0 Å². The normalized spacial score (nSPS) is 10.6. The number of urea groups is 1. The second-order valence-corrected chi connectivity index (χ2v) is 6.30. The number of hydrogen-bond acceptors (Lipinski definition) is 6. The number of nitrogens with one attached hydrogen (secondary N) is 2. The Morgan fingerprint density at radius 1 is 1.31 bits per heavy atom. The number of ether oxygens (including phenoxy) is 2. The number of amides is 2. The summed E-state index contributed by atoms with van der Waals surface area (Å²) in [4.78, 5) is 22.7. The first kappa shape index (κ1) is 22.0. The van der Waals surface area contributed by atoms with Gasteiger partial charge in [0.1, 0.15) is 0 Å². The number of nitro benzene ring substituents is 1. The molecule has 0 radical (unpaired) electrons. The summed E-state index contributed by atoms with van der Waals surface area (Å²) in [7, 11) is 1.39. The van der Waals surface area contributed by atoms with Crippen LogP contribution in [0.3, 0.4) is 0 Å². The summed E-state index contributed by atoms with van der Waals surface area (Å²) in [6.07, 6.45) is 2.92. The summed E-state index contributed by atoms with van der Waals surface area (Å²) in [6, 6.07) is 8.80. The first-order valence-electron chi connectivity index (χ1n) is 8.79. The molecule has 2 N–H and O–H groups in total. The number of carbonyl (C=O) groups excluding carboxylic acids is 1. The van der Waals surface area contributed by atoms with Crippen LogP contribution < -0.4 is 20.2 Å². The van der Waals surface area contributed by atoms with Gasteiger partial charge < -0.3 is 14.8 Å². The summed E-state index contributed by atoms with van der Waals surface area (Å²) in [5.41, 5.74) is 2.94. The molecule has 0 aliphatic carbocycles. The Hall–Kier alpha value is -3.33. The number of hydrogen-bond donors (Lipinski definition) is 2. The number of nitro groups is 1. The molecule has 0 atom stereocenters. The molecular weight excluding hydrogens is 400 g/mol. The van der Waals surface area contributed by atoms with Crippen LogP contribution in [0.1, 0.15) is 25.3 Å². The van der Waals surface area contributed by atoms with E-state index in [2.05, 4.69) is 15.8 Å². The van der Waals surface area contributed by atoms with Crippen molar-refractivity contribution < 1.29 is 19.2 Å². The van der Waals surface area contributed by atoms with Crippen molar-refractivity contribution in [2.24, 2.45) is 5.10 Å². The minimum Gasteiger partial charge on any atom is -0.493 e. The van der Waals surface area contributed by atoms with Gasteiger partial charge in [0.25, 0.3) is 0 Å². The minimum absolute atomic E-state index is 0.0662. The van der Waals surface area contributed by atoms with Gasteiger partial charge in [0.05, 0.1) is 24.9 Å². The smallest absolute Gasteiger partial charge is 0.339 e. The first-order valence-corrected chi connectivity index (χ1v) is 9.17. The highest BCUT2D eigenvalue weighted by Crippen LogP contribution is 2.38. The SMILES string of the molecule is CCCCOc1c(OC)cc(/C=N\NC(=O)Nc2ccc(Cl)cc2)cc1[N+](=O)[O-]. The molecule has 154 valence electrons. The maximum atomic E-state index is 11.9. The molecule has 0 bridgehead atoms. The van der Waals surface area contributed by atoms with Crippen LogP contribution in [0.2, 0.25) is 5.02 Å². The van der Waals surface area contributed by atoms with Crippen LogP contribution >= 0.6 is 11.6 Å². The van der Waals surface area contributed by atoms with E-state index in [0.717, 1.165) is 12.8 Å². The second-order valence-electron chi connectivity index (χ2n) is 5.86. The predicted molar refractivity (Wildman–Crippen MR) is 111 cm³/mol. The third kappa shape index (κ3) is 6.65. The van der Waals surface area contributed by atoms with Crippen molar-refractivity contribution in [1.29, 1.82) is 0 Å². The molecular formula is C19H21ClN4O5. The number of hydrazone groups is 1. The number of benzene rings is 2. The van der Waals surface area contributed by atoms with E-state index in [-0.39, 0.29) is 17.2 Å². The summed E-state index contributed by atoms with van der Waals surface area (Å²) in [6.45, 7) is 2.33. The predicted octanol–water partition coefficient (Wildman–Crippen LogP) is 4.59. The largest absolute Gasteiger partial charge is 0.493 e. The standard InChI is InChI=1S/C19H21ClN4O5/c1-3-4-9-29-18-16(24(26)27)10-13(11-17(18)28-2)12-21-23-19(25)22-15-7-5-14(20)6-8-15/h5-8,10-12H,3-4,9H2,1-2H3,(H2,22,23,25)/b21-12-. The molecule has 2 amide bonds. The Kier molecular flexibility index (Phi) is 8.23. The van der Waals surface area contributed by atoms with Crippen molar-refractivity contribution in [1.82, 2.24) is 5.43 Å². The van der Waals surface area contributed by atoms with Crippen molar-refractivity contribution >= 4 is 35.2 Å². The molecule has 0 aliphatic heterocycles. The zero-order valence-corrected chi connectivity index (χ0v) is 16.7. The summed E-state index contributed by atoms with van der Waals surface area (Å²) in [5.74, 6) is 0.277. The minimum atomic E-state index is -0.579. The summed E-state index contributed by atoms with van der Waals surface area (Å²) in [5, 5.41) is 18.3. The van der Waals surface area contributed by atoms with E-state index < -0.39 is 11.0 Å². The lowest BCUT2D eigenvalue weighted by Gasteiger charge is -2.11. The van der Waals surface area contributed by atoms with Crippen LogP contribution in [-0.2, 0) is 0 Å². The van der Waals surface area contributed by atoms with Crippen LogP contribution in [0.15, 0.2) is 41.5 Å². The Morgan fingerprint density at radius 3 is 2.66 bits per heavy atom. The topological polar surface area (TPSA) is 115 Å². The molecule has 0 spiro atoms. The molecule has 2 aromatic carbocycles. The van der Waals surface area contributed by atoms with Gasteiger partial charge in [0.15, 0.2) is 5.75 Å². The van der Waals surface area contributed by atoms with Gasteiger partial charge >= 0.3 is 11.7 Å². The summed E-state index contributed by atoms with van der Waals surface area (Å²) >= 11 is 5.79. The van der Waals surface area contributed by atoms with Crippen molar-refractivity contribution in [2.45, 2.75) is 19.8 Å². The Balaban J connectivity index is 2.10. The number of unbranched alkanes of at least 4 members (excludes halogenated alkanes) is 1. The Morgan fingerprint density at radius 2 is 2.03 bits per heavy atom. The van der Waals surface area contributed by atoms with E-state index >= 15 is 0 Å². The van der Waals surface area contributed by atoms with Crippen LogP contribution in [-0.4, -0.2) is 30.9 Å². The Labute approximate surface area is 172 Å². The first-order chi connectivity index (χ1) is 13.9. The molecule has 0 saturated carbocycles. The number of halogens is 1. The number of nitrogens with zero attached hydrogens (tertiary/aromatic N) is 2. The van der Waals surface area contributed by atoms with Gasteiger partial charge in [-0.3, -0.25) is 10.1 Å². The zero-order valence-electron chi connectivity index (χ0n) is 16.0. The van der Waals surface area contributed by atoms with Crippen LogP contribution in [0.25, 0.3) is 0 Å². The molecule has 2 rings (SSSR count). The van der Waals surface area contributed by atoms with Crippen molar-refractivity contribution in [2.75, 3.05) is 19.0 Å². The maximum absolute atomic E-state index is 11.9. The average Bonchev–Trinajstić information content (AvgIpc) is 2.70. The summed E-state index contributed by atoms with van der Waals surface area (Å²) < 4.78 is 10.8. The molecule has 0 unspecified atom stereocenters. The van der Waals surface area contributed by atoms with Gasteiger partial charge in [0, 0.05) is 22.3 Å². The highest BCUT2D eigenvalue weighted by molar-refractivity contribution is 6.30. The molecule has 0 saturated heterocycles. The van der Waals surface area contributed by atoms with Crippen molar-refractivity contribution in [3.05, 3.63) is 57.1 Å². The average molecular weight is 421 g/mol. The molecule has 10 heteroatoms. The van der Waals surface area contributed by atoms with E-state index in [1.54, 1.807) is 24.3 Å². The molecule has 0 aliphatic rings. The number of rotatable bonds is 9. The molecule has 9 nitrogen and oxygen atoms in total. The van der Waals surface area contributed by atoms with E-state index in [0.29, 0.717) is 22.9 Å². The number of methoxy groups -OCH3 is 1. The lowest BCUT2D eigenvalue weighted by molar-refractivity contribution is -0.386. The quantitative estimate of drug-likeness (QED) is 0.266. The van der Waals surface area contributed by atoms with Gasteiger partial charge in [0.2, 0.25) is 5.75 Å². The van der Waals surface area contributed by atoms with E-state index in [1.807, 2.05) is 6.92 Å². The molecule has 0 heterocycles. The highest BCUT2D eigenvalue weighted by atomic mass is 35.5. The third-order valence-corrected chi connectivity index (χ3v) is 3.95. The van der Waals surface area contributed by atoms with Crippen LogP contribution in [0, 0.1) is 10.1 Å². The van der Waals surface area contributed by atoms with Gasteiger partial charge in [-0.1, -0.05) is 24.9 Å². The maximum Gasteiger partial charge on any atom is 0.339 e. The number of anilines is 1. The van der Waals surface area contributed by atoms with Gasteiger partial charge in [-0.25, -0.2) is 10.2 Å². The lowest BCUT2D eigenvalue weighted by atomic mass is 10.2. The zero-order chi connectivity index (χ0) is 21.2. The van der Waals surface area contributed by atoms with Crippen LogP contribution in [0.4, 0.5) is 16.2 Å². The van der Waals surface area contributed by atoms with E-state index in [1.165, 1.54) is 25.5 Å². The number of carbonyl (C=O) groups is 1. The monoisotopic (exact) mass is 420 g/mol. The van der Waals surface area contributed by atoms with Gasteiger partial charge in [-0.2, -0.15) is 5.10 Å². The van der Waals surface area contributed by atoms with E-state index in [4.69, 9.17) is 21.1 Å². The highest BCUT2D eigenvalue weighted by Gasteiger charge is 2.22. The van der Waals surface area contributed by atoms with Gasteiger partial charge in [-0.15, -0.1) is 0 Å². The fourth-order valence-corrected chi connectivity index (χ4v) is 2.42. The molecule has 29 heavy (non-hydrogen) atoms. The molecule has 2 aromatic rings. The third-order valence-electron chi connectivity index (χ3n) is 3.70. The fourth-order valence-electron chi connectivity index (χ4n) is 2.29. The molecule has 0 fully saturated rings. The molecule has 0 aromatic heterocycles. The lowest BCUT2D eigenvalue weighted by Crippen LogP contribution is -2.24. The fraction of sp³-hybridized carbons (Fsp3) is 0.263. The van der Waals surface area contributed by atoms with E-state index in [9.17, 15) is 14.9 Å². The second kappa shape index (κ2) is 10.9. The van der Waals surface area contributed by atoms with Crippen molar-refractivity contribution in [3.8, 4) is 11.5 Å². The van der Waals surface area contributed by atoms with Gasteiger partial charge in [-0.05, 0) is 36.8 Å². The Bertz CT molecular complexity index is 887.